The van der Waals surface area contributed by atoms with Gasteiger partial charge in [0, 0.05) is 6.08 Å². The Hall–Kier alpha value is -2.40. The van der Waals surface area contributed by atoms with Crippen LogP contribution in [-0.2, 0) is 21.2 Å². The molecule has 5 heteroatoms. The molecule has 26 heavy (non-hydrogen) atoms. The van der Waals surface area contributed by atoms with Gasteiger partial charge in [-0.05, 0) is 48.1 Å². The first kappa shape index (κ1) is 18.4. The Morgan fingerprint density at radius 2 is 1.62 bits per heavy atom. The van der Waals surface area contributed by atoms with Crippen molar-refractivity contribution in [1.29, 1.82) is 0 Å². The number of amides is 1. The van der Waals surface area contributed by atoms with Gasteiger partial charge in [0.2, 0.25) is 0 Å². The number of hydrogen-bond acceptors (Lipinski definition) is 3. The minimum absolute atomic E-state index is 0.112. The highest BCUT2D eigenvalue weighted by Gasteiger charge is 2.33. The summed E-state index contributed by atoms with van der Waals surface area (Å²) >= 11 is 0. The molecule has 0 unspecified atom stereocenters. The Kier molecular flexibility index (Phi) is 5.01. The Balaban J connectivity index is 1.75. The van der Waals surface area contributed by atoms with Crippen molar-refractivity contribution < 1.29 is 13.2 Å². The van der Waals surface area contributed by atoms with Crippen LogP contribution in [0.4, 0.5) is 0 Å². The maximum atomic E-state index is 12.7. The van der Waals surface area contributed by atoms with Crippen LogP contribution in [0.25, 0.3) is 0 Å². The van der Waals surface area contributed by atoms with E-state index >= 15 is 0 Å². The molecule has 0 fully saturated rings. The second-order valence-electron chi connectivity index (χ2n) is 7.04. The molecule has 0 N–H and O–H groups in total. The van der Waals surface area contributed by atoms with Crippen molar-refractivity contribution >= 4 is 15.9 Å². The second-order valence-corrected chi connectivity index (χ2v) is 8.90. The lowest BCUT2D eigenvalue weighted by atomic mass is 9.99. The van der Waals surface area contributed by atoms with Gasteiger partial charge < -0.3 is 0 Å². The van der Waals surface area contributed by atoms with Crippen molar-refractivity contribution in [2.24, 2.45) is 0 Å². The zero-order valence-corrected chi connectivity index (χ0v) is 16.1. The van der Waals surface area contributed by atoms with Crippen LogP contribution in [0.3, 0.4) is 0 Å². The van der Waals surface area contributed by atoms with Crippen molar-refractivity contribution in [1.82, 2.24) is 4.31 Å². The molecule has 136 valence electrons. The molecule has 0 aromatic heterocycles. The summed E-state index contributed by atoms with van der Waals surface area (Å²) in [5.74, 6) is -0.00848. The molecule has 0 bridgehead atoms. The molecule has 2 aromatic rings. The summed E-state index contributed by atoms with van der Waals surface area (Å²) in [6.07, 6.45) is 2.02. The van der Waals surface area contributed by atoms with Crippen molar-refractivity contribution in [3.05, 3.63) is 76.9 Å². The number of sulfonamides is 1. The minimum Gasteiger partial charge on any atom is -0.269 e. The molecule has 1 amide bonds. The summed E-state index contributed by atoms with van der Waals surface area (Å²) in [6, 6.07) is 14.8. The van der Waals surface area contributed by atoms with E-state index in [-0.39, 0.29) is 11.4 Å². The number of hydrogen-bond donors (Lipinski definition) is 0. The highest BCUT2D eigenvalue weighted by atomic mass is 32.2. The van der Waals surface area contributed by atoms with Crippen LogP contribution < -0.4 is 0 Å². The summed E-state index contributed by atoms with van der Waals surface area (Å²) in [6.45, 7) is 6.28. The molecule has 0 radical (unpaired) electrons. The van der Waals surface area contributed by atoms with Crippen molar-refractivity contribution in [2.75, 3.05) is 6.54 Å². The zero-order chi connectivity index (χ0) is 18.9. The van der Waals surface area contributed by atoms with Crippen molar-refractivity contribution in [2.45, 2.75) is 38.0 Å². The maximum absolute atomic E-state index is 12.7. The number of rotatable bonds is 5. The van der Waals surface area contributed by atoms with Crippen LogP contribution in [0.1, 0.15) is 36.5 Å². The van der Waals surface area contributed by atoms with Crippen LogP contribution in [0.2, 0.25) is 0 Å². The molecular weight excluding hydrogens is 346 g/mol. The highest BCUT2D eigenvalue weighted by Crippen LogP contribution is 2.24. The zero-order valence-electron chi connectivity index (χ0n) is 15.3. The van der Waals surface area contributed by atoms with E-state index in [4.69, 9.17) is 0 Å². The molecular formula is C21H23NO3S. The average Bonchev–Trinajstić information content (AvgIpc) is 2.97. The number of nitrogens with zero attached hydrogens (tertiary/aromatic N) is 1. The van der Waals surface area contributed by atoms with Gasteiger partial charge in [-0.1, -0.05) is 55.8 Å². The standard InChI is InChI=1S/C21H23NO3S/c1-15(2)19-8-6-17(7-9-19)12-18-13-21(23)22(14-18)26(24,25)20-10-4-16(3)5-11-20/h4-11,13,15H,12,14H2,1-3H3. The number of carbonyl (C=O) groups is 1. The highest BCUT2D eigenvalue weighted by molar-refractivity contribution is 7.89. The number of carbonyl (C=O) groups excluding carboxylic acids is 1. The lowest BCUT2D eigenvalue weighted by molar-refractivity contribution is -0.120. The van der Waals surface area contributed by atoms with E-state index in [9.17, 15) is 13.2 Å². The first-order valence-electron chi connectivity index (χ1n) is 8.69. The lowest BCUT2D eigenvalue weighted by Gasteiger charge is -2.17. The molecule has 3 rings (SSSR count). The average molecular weight is 369 g/mol. The van der Waals surface area contributed by atoms with Crippen molar-refractivity contribution in [3.8, 4) is 0 Å². The molecule has 0 atom stereocenters. The largest absolute Gasteiger partial charge is 0.269 e. The number of benzene rings is 2. The molecule has 0 saturated carbocycles. The Morgan fingerprint density at radius 3 is 2.19 bits per heavy atom. The van der Waals surface area contributed by atoms with Crippen LogP contribution in [0, 0.1) is 6.92 Å². The first-order valence-corrected chi connectivity index (χ1v) is 10.1. The molecule has 2 aromatic carbocycles. The van der Waals surface area contributed by atoms with Crippen LogP contribution in [0.5, 0.6) is 0 Å². The molecule has 0 spiro atoms. The van der Waals surface area contributed by atoms with Gasteiger partial charge in [0.15, 0.2) is 0 Å². The lowest BCUT2D eigenvalue weighted by Crippen LogP contribution is -2.33. The van der Waals surface area contributed by atoms with Gasteiger partial charge in [0.1, 0.15) is 0 Å². The van der Waals surface area contributed by atoms with Gasteiger partial charge in [0.25, 0.3) is 15.9 Å². The molecule has 0 aliphatic carbocycles. The van der Waals surface area contributed by atoms with E-state index < -0.39 is 15.9 Å². The quantitative estimate of drug-likeness (QED) is 0.805. The fourth-order valence-corrected chi connectivity index (χ4v) is 4.34. The fraction of sp³-hybridized carbons (Fsp3) is 0.286. The molecule has 0 saturated heterocycles. The van der Waals surface area contributed by atoms with E-state index in [1.54, 1.807) is 24.3 Å². The Bertz CT molecular complexity index is 940. The van der Waals surface area contributed by atoms with Crippen LogP contribution >= 0.6 is 0 Å². The summed E-state index contributed by atoms with van der Waals surface area (Å²) in [5, 5.41) is 0. The summed E-state index contributed by atoms with van der Waals surface area (Å²) < 4.78 is 26.4. The van der Waals surface area contributed by atoms with Crippen LogP contribution in [0.15, 0.2) is 65.1 Å². The summed E-state index contributed by atoms with van der Waals surface area (Å²) in [4.78, 5) is 12.4. The number of aryl methyl sites for hydroxylation is 1. The third kappa shape index (κ3) is 3.73. The van der Waals surface area contributed by atoms with Crippen LogP contribution in [-0.4, -0.2) is 25.2 Å². The Morgan fingerprint density at radius 1 is 1.00 bits per heavy atom. The molecule has 1 heterocycles. The fourth-order valence-electron chi connectivity index (χ4n) is 2.99. The Labute approximate surface area is 155 Å². The van der Waals surface area contributed by atoms with Gasteiger partial charge >= 0.3 is 0 Å². The molecule has 1 aliphatic rings. The van der Waals surface area contributed by atoms with Gasteiger partial charge in [-0.3, -0.25) is 4.79 Å². The van der Waals surface area contributed by atoms with E-state index in [1.165, 1.54) is 11.6 Å². The van der Waals surface area contributed by atoms with E-state index in [0.29, 0.717) is 12.3 Å². The van der Waals surface area contributed by atoms with Gasteiger partial charge in [-0.15, -0.1) is 0 Å². The van der Waals surface area contributed by atoms with Crippen molar-refractivity contribution in [3.63, 3.8) is 0 Å². The first-order chi connectivity index (χ1) is 12.3. The van der Waals surface area contributed by atoms with E-state index in [1.807, 2.05) is 19.1 Å². The second kappa shape index (κ2) is 7.08. The van der Waals surface area contributed by atoms with Gasteiger partial charge in [0.05, 0.1) is 11.4 Å². The predicted octanol–water partition coefficient (Wildman–Crippen LogP) is 3.82. The topological polar surface area (TPSA) is 54.5 Å². The maximum Gasteiger partial charge on any atom is 0.267 e. The van der Waals surface area contributed by atoms with E-state index in [0.717, 1.165) is 21.0 Å². The minimum atomic E-state index is -3.82. The van der Waals surface area contributed by atoms with E-state index in [2.05, 4.69) is 26.0 Å². The normalized spacial score (nSPS) is 14.8. The predicted molar refractivity (Wildman–Crippen MR) is 102 cm³/mol. The summed E-state index contributed by atoms with van der Waals surface area (Å²) in [5.41, 5.74) is 4.11. The monoisotopic (exact) mass is 369 g/mol. The smallest absolute Gasteiger partial charge is 0.267 e. The third-order valence-corrected chi connectivity index (χ3v) is 6.36. The molecule has 1 aliphatic heterocycles. The van der Waals surface area contributed by atoms with Gasteiger partial charge in [-0.2, -0.15) is 0 Å². The third-order valence-electron chi connectivity index (χ3n) is 4.61. The van der Waals surface area contributed by atoms with Gasteiger partial charge in [-0.25, -0.2) is 12.7 Å². The summed E-state index contributed by atoms with van der Waals surface area (Å²) in [7, 11) is -3.82. The SMILES string of the molecule is Cc1ccc(S(=O)(=O)N2CC(Cc3ccc(C(C)C)cc3)=CC2=O)cc1. The molecule has 4 nitrogen and oxygen atoms in total.